The van der Waals surface area contributed by atoms with Crippen molar-refractivity contribution in [2.24, 2.45) is 17.8 Å². The van der Waals surface area contributed by atoms with Crippen molar-refractivity contribution in [3.8, 4) is 0 Å². The first-order valence-corrected chi connectivity index (χ1v) is 11.6. The van der Waals surface area contributed by atoms with Gasteiger partial charge in [0, 0.05) is 37.2 Å². The van der Waals surface area contributed by atoms with E-state index < -0.39 is 24.1 Å². The van der Waals surface area contributed by atoms with E-state index in [1.165, 1.54) is 6.08 Å². The van der Waals surface area contributed by atoms with Gasteiger partial charge in [0.15, 0.2) is 0 Å². The summed E-state index contributed by atoms with van der Waals surface area (Å²) in [6.07, 6.45) is 13.6. The Morgan fingerprint density at radius 2 is 1.85 bits per heavy atom. The number of carbonyl (C=O) groups is 4. The van der Waals surface area contributed by atoms with Crippen molar-refractivity contribution in [2.75, 3.05) is 0 Å². The summed E-state index contributed by atoms with van der Waals surface area (Å²) in [6.45, 7) is 5.53. The predicted molar refractivity (Wildman–Crippen MR) is 125 cm³/mol. The number of ketones is 1. The summed E-state index contributed by atoms with van der Waals surface area (Å²) < 4.78 is 5.68. The summed E-state index contributed by atoms with van der Waals surface area (Å²) in [7, 11) is 0. The molecule has 7 nitrogen and oxygen atoms in total. The van der Waals surface area contributed by atoms with Gasteiger partial charge in [-0.3, -0.25) is 19.7 Å². The molecule has 2 amide bonds. The first kappa shape index (κ1) is 26.5. The number of rotatable bonds is 7. The average molecular weight is 458 g/mol. The number of allylic oxidation sites excluding steroid dienone is 5. The summed E-state index contributed by atoms with van der Waals surface area (Å²) >= 11 is 0. The quantitative estimate of drug-likeness (QED) is 0.345. The Bertz CT molecular complexity index is 837. The summed E-state index contributed by atoms with van der Waals surface area (Å²) in [5.41, 5.74) is 0.764. The van der Waals surface area contributed by atoms with Gasteiger partial charge in [-0.1, -0.05) is 50.3 Å². The molecule has 2 aliphatic heterocycles. The van der Waals surface area contributed by atoms with Gasteiger partial charge in [-0.05, 0) is 37.7 Å². The molecule has 0 aromatic carbocycles. The third-order valence-corrected chi connectivity index (χ3v) is 5.88. The lowest BCUT2D eigenvalue weighted by Crippen LogP contribution is -2.39. The van der Waals surface area contributed by atoms with Gasteiger partial charge >= 0.3 is 5.97 Å². The SMILES string of the molecule is C/C(=C/C(C)C(=O)CC(O)CC1CC(=O)NC(=O)C1)C1OC(=O)/C=C\CC/C=C\C=C/C1C. The number of imide groups is 1. The van der Waals surface area contributed by atoms with Gasteiger partial charge in [0.1, 0.15) is 11.9 Å². The molecule has 2 rings (SSSR count). The summed E-state index contributed by atoms with van der Waals surface area (Å²) in [6, 6.07) is 0. The zero-order valence-electron chi connectivity index (χ0n) is 19.7. The number of carbonyl (C=O) groups excluding carboxylic acids is 4. The molecule has 0 aromatic heterocycles. The number of esters is 1. The maximum Gasteiger partial charge on any atom is 0.331 e. The van der Waals surface area contributed by atoms with Gasteiger partial charge in [-0.15, -0.1) is 0 Å². The first-order chi connectivity index (χ1) is 15.7. The minimum absolute atomic E-state index is 0.0648. The molecule has 4 atom stereocenters. The highest BCUT2D eigenvalue weighted by molar-refractivity contribution is 5.97. The summed E-state index contributed by atoms with van der Waals surface area (Å²) in [5.74, 6) is -2.10. The van der Waals surface area contributed by atoms with E-state index in [0.717, 1.165) is 18.4 Å². The number of amides is 2. The fourth-order valence-corrected chi connectivity index (χ4v) is 4.16. The van der Waals surface area contributed by atoms with Crippen LogP contribution in [-0.4, -0.2) is 40.9 Å². The number of nitrogens with one attached hydrogen (secondary N) is 1. The van der Waals surface area contributed by atoms with E-state index in [4.69, 9.17) is 4.74 Å². The molecular weight excluding hydrogens is 422 g/mol. The van der Waals surface area contributed by atoms with Crippen LogP contribution < -0.4 is 5.32 Å². The van der Waals surface area contributed by atoms with Crippen LogP contribution in [-0.2, 0) is 23.9 Å². The highest BCUT2D eigenvalue weighted by Gasteiger charge is 2.28. The maximum atomic E-state index is 12.7. The van der Waals surface area contributed by atoms with Crippen molar-refractivity contribution in [1.29, 1.82) is 0 Å². The minimum atomic E-state index is -0.921. The third kappa shape index (κ3) is 9.30. The smallest absolute Gasteiger partial charge is 0.331 e. The number of cyclic esters (lactones) is 1. The average Bonchev–Trinajstić information content (AvgIpc) is 2.71. The largest absolute Gasteiger partial charge is 0.454 e. The van der Waals surface area contributed by atoms with Gasteiger partial charge in [0.25, 0.3) is 0 Å². The molecule has 0 bridgehead atoms. The zero-order valence-corrected chi connectivity index (χ0v) is 19.7. The number of Topliss-reactive ketones (excluding diaryl/α,β-unsaturated/α-hetero) is 1. The second kappa shape index (κ2) is 13.0. The van der Waals surface area contributed by atoms with Crippen LogP contribution in [0.15, 0.2) is 48.1 Å². The van der Waals surface area contributed by atoms with Crippen molar-refractivity contribution in [1.82, 2.24) is 5.32 Å². The van der Waals surface area contributed by atoms with E-state index in [0.29, 0.717) is 0 Å². The number of hydrogen-bond acceptors (Lipinski definition) is 6. The minimum Gasteiger partial charge on any atom is -0.454 e. The van der Waals surface area contributed by atoms with Crippen LogP contribution >= 0.6 is 0 Å². The van der Waals surface area contributed by atoms with Gasteiger partial charge in [0.2, 0.25) is 11.8 Å². The van der Waals surface area contributed by atoms with Crippen molar-refractivity contribution < 1.29 is 29.0 Å². The van der Waals surface area contributed by atoms with E-state index in [2.05, 4.69) is 5.32 Å². The molecule has 7 heteroatoms. The van der Waals surface area contributed by atoms with Crippen LogP contribution in [0.5, 0.6) is 0 Å². The normalized spacial score (nSPS) is 27.9. The Morgan fingerprint density at radius 1 is 1.18 bits per heavy atom. The molecular formula is C26H35NO6. The molecule has 0 aromatic rings. The van der Waals surface area contributed by atoms with Gasteiger partial charge in [0.05, 0.1) is 6.10 Å². The Labute approximate surface area is 195 Å². The van der Waals surface area contributed by atoms with Crippen LogP contribution in [0, 0.1) is 17.8 Å². The number of hydrogen-bond donors (Lipinski definition) is 2. The number of ether oxygens (including phenoxy) is 1. The molecule has 1 fully saturated rings. The predicted octanol–water partition coefficient (Wildman–Crippen LogP) is 3.34. The van der Waals surface area contributed by atoms with Gasteiger partial charge < -0.3 is 9.84 Å². The Hall–Kier alpha value is -2.80. The molecule has 0 radical (unpaired) electrons. The van der Waals surface area contributed by atoms with Gasteiger partial charge in [-0.2, -0.15) is 0 Å². The molecule has 4 unspecified atom stereocenters. The van der Waals surface area contributed by atoms with Crippen molar-refractivity contribution >= 4 is 23.6 Å². The van der Waals surface area contributed by atoms with Crippen LogP contribution in [0.4, 0.5) is 0 Å². The number of aliphatic hydroxyl groups is 1. The van der Waals surface area contributed by atoms with E-state index in [-0.39, 0.29) is 55.1 Å². The number of piperidine rings is 1. The third-order valence-electron chi connectivity index (χ3n) is 5.88. The van der Waals surface area contributed by atoms with E-state index in [1.54, 1.807) is 19.1 Å². The molecule has 0 saturated carbocycles. The molecule has 180 valence electrons. The second-order valence-corrected chi connectivity index (χ2v) is 9.01. The fourth-order valence-electron chi connectivity index (χ4n) is 4.16. The molecule has 0 spiro atoms. The van der Waals surface area contributed by atoms with Crippen LogP contribution in [0.2, 0.25) is 0 Å². The zero-order chi connectivity index (χ0) is 24.4. The summed E-state index contributed by atoms with van der Waals surface area (Å²) in [5, 5.41) is 12.6. The topological polar surface area (TPSA) is 110 Å². The Morgan fingerprint density at radius 3 is 2.55 bits per heavy atom. The van der Waals surface area contributed by atoms with Crippen LogP contribution in [0.3, 0.4) is 0 Å². The molecule has 2 aliphatic rings. The van der Waals surface area contributed by atoms with Crippen molar-refractivity contribution in [3.63, 3.8) is 0 Å². The second-order valence-electron chi connectivity index (χ2n) is 9.01. The highest BCUT2D eigenvalue weighted by Crippen LogP contribution is 2.24. The van der Waals surface area contributed by atoms with Crippen molar-refractivity contribution in [2.45, 2.75) is 71.5 Å². The Kier molecular flexibility index (Phi) is 10.5. The first-order valence-electron chi connectivity index (χ1n) is 11.6. The molecule has 1 saturated heterocycles. The van der Waals surface area contributed by atoms with Crippen LogP contribution in [0.1, 0.15) is 59.3 Å². The van der Waals surface area contributed by atoms with Gasteiger partial charge in [-0.25, -0.2) is 4.79 Å². The summed E-state index contributed by atoms with van der Waals surface area (Å²) in [4.78, 5) is 47.9. The van der Waals surface area contributed by atoms with E-state index in [1.807, 2.05) is 38.2 Å². The highest BCUT2D eigenvalue weighted by atomic mass is 16.5. The lowest BCUT2D eigenvalue weighted by atomic mass is 9.88. The molecule has 0 aliphatic carbocycles. The fraction of sp³-hybridized carbons (Fsp3) is 0.538. The van der Waals surface area contributed by atoms with E-state index in [9.17, 15) is 24.3 Å². The van der Waals surface area contributed by atoms with Crippen molar-refractivity contribution in [3.05, 3.63) is 48.1 Å². The Balaban J connectivity index is 2.01. The maximum absolute atomic E-state index is 12.7. The molecule has 2 N–H and O–H groups in total. The lowest BCUT2D eigenvalue weighted by Gasteiger charge is -2.24. The standard InChI is InChI=1S/C26H35NO6/c1-17-10-8-6-4-5-7-9-11-25(32)33-26(17)19(3)12-18(2)22(29)16-21(28)13-20-14-23(30)27-24(31)15-20/h4,6,8-12,17-18,20-21,26,28H,5,7,13-16H2,1-3H3,(H,27,30,31)/b6-4-,10-8-,11-9-,19-12-. The molecule has 33 heavy (non-hydrogen) atoms. The number of aliphatic hydroxyl groups excluding tert-OH is 1. The van der Waals surface area contributed by atoms with E-state index >= 15 is 0 Å². The monoisotopic (exact) mass is 457 g/mol. The van der Waals surface area contributed by atoms with Crippen LogP contribution in [0.25, 0.3) is 0 Å². The lowest BCUT2D eigenvalue weighted by molar-refractivity contribution is -0.142. The molecule has 2 heterocycles.